The van der Waals surface area contributed by atoms with Gasteiger partial charge in [-0.1, -0.05) is 0 Å². The van der Waals surface area contributed by atoms with Gasteiger partial charge in [-0.2, -0.15) is 0 Å². The van der Waals surface area contributed by atoms with Gasteiger partial charge < -0.3 is 4.74 Å². The number of sulfonamides is 1. The summed E-state index contributed by atoms with van der Waals surface area (Å²) in [5.41, 5.74) is 1.30. The van der Waals surface area contributed by atoms with E-state index in [1.165, 1.54) is 14.7 Å². The molecule has 0 bridgehead atoms. The number of hydrogen-bond acceptors (Lipinski definition) is 5. The number of likely N-dealkylation sites (N-methyl/N-ethyl adjacent to an activating group) is 1. The summed E-state index contributed by atoms with van der Waals surface area (Å²) in [4.78, 5) is 3.61. The smallest absolute Gasteiger partial charge is 0.218 e. The molecule has 5 nitrogen and oxygen atoms in total. The second-order valence-electron chi connectivity index (χ2n) is 5.89. The largest absolute Gasteiger partial charge is 0.383 e. The molecule has 0 aromatic carbocycles. The summed E-state index contributed by atoms with van der Waals surface area (Å²) in [7, 11) is -0.00219. The van der Waals surface area contributed by atoms with Gasteiger partial charge in [-0.25, -0.2) is 12.7 Å². The lowest BCUT2D eigenvalue weighted by Gasteiger charge is -2.34. The summed E-state index contributed by atoms with van der Waals surface area (Å²) in [5, 5.41) is 1.80. The normalized spacial score (nSPS) is 20.6. The van der Waals surface area contributed by atoms with Crippen LogP contribution in [0, 0.1) is 6.92 Å². The van der Waals surface area contributed by atoms with Crippen LogP contribution in [0.3, 0.4) is 0 Å². The van der Waals surface area contributed by atoms with Gasteiger partial charge in [0.25, 0.3) is 0 Å². The van der Waals surface area contributed by atoms with Gasteiger partial charge in [-0.05, 0) is 43.3 Å². The van der Waals surface area contributed by atoms with Crippen molar-refractivity contribution in [3.8, 4) is 0 Å². The van der Waals surface area contributed by atoms with Crippen LogP contribution in [0.4, 0.5) is 0 Å². The highest BCUT2D eigenvalue weighted by atomic mass is 32.2. The Kier molecular flexibility index (Phi) is 6.40. The Morgan fingerprint density at radius 1 is 1.50 bits per heavy atom. The summed E-state index contributed by atoms with van der Waals surface area (Å²) < 4.78 is 31.7. The maximum Gasteiger partial charge on any atom is 0.218 e. The molecule has 0 aliphatic carbocycles. The van der Waals surface area contributed by atoms with E-state index < -0.39 is 10.0 Å². The highest BCUT2D eigenvalue weighted by Gasteiger charge is 2.33. The number of nitrogens with zero attached hydrogens (tertiary/aromatic N) is 2. The van der Waals surface area contributed by atoms with Crippen LogP contribution in [0.15, 0.2) is 11.4 Å². The zero-order chi connectivity index (χ0) is 16.2. The molecule has 1 aliphatic rings. The number of likely N-dealkylation sites (tertiary alicyclic amines) is 1. The van der Waals surface area contributed by atoms with Gasteiger partial charge in [-0.3, -0.25) is 4.90 Å². The number of aryl methyl sites for hydroxylation is 1. The van der Waals surface area contributed by atoms with E-state index in [2.05, 4.69) is 23.3 Å². The molecule has 2 heterocycles. The number of ether oxygens (including phenoxy) is 1. The Balaban J connectivity index is 1.99. The molecule has 2 rings (SSSR count). The molecule has 1 unspecified atom stereocenters. The lowest BCUT2D eigenvalue weighted by Crippen LogP contribution is -2.47. The van der Waals surface area contributed by atoms with E-state index >= 15 is 0 Å². The Morgan fingerprint density at radius 3 is 2.91 bits per heavy atom. The maximum atomic E-state index is 12.7. The van der Waals surface area contributed by atoms with Crippen LogP contribution in [0.5, 0.6) is 0 Å². The van der Waals surface area contributed by atoms with Crippen LogP contribution in [0.1, 0.15) is 23.3 Å². The van der Waals surface area contributed by atoms with Crippen molar-refractivity contribution < 1.29 is 13.2 Å². The van der Waals surface area contributed by atoms with Crippen molar-refractivity contribution in [1.29, 1.82) is 0 Å². The fourth-order valence-electron chi connectivity index (χ4n) is 2.77. The number of thiophene rings is 1. The van der Waals surface area contributed by atoms with Crippen molar-refractivity contribution in [2.75, 3.05) is 40.4 Å². The lowest BCUT2D eigenvalue weighted by atomic mass is 10.1. The number of methoxy groups -OCH3 is 1. The van der Waals surface area contributed by atoms with Crippen LogP contribution in [0.25, 0.3) is 0 Å². The number of rotatable bonds is 7. The molecule has 0 amide bonds. The molecule has 1 aromatic rings. The van der Waals surface area contributed by atoms with Gasteiger partial charge in [0.1, 0.15) is 0 Å². The third-order valence-corrected chi connectivity index (χ3v) is 7.55. The molecule has 1 aromatic heterocycles. The molecular weight excluding hydrogens is 320 g/mol. The second-order valence-corrected chi connectivity index (χ2v) is 9.21. The van der Waals surface area contributed by atoms with Crippen LogP contribution in [-0.4, -0.2) is 63.3 Å². The van der Waals surface area contributed by atoms with Gasteiger partial charge in [0.05, 0.1) is 11.9 Å². The maximum absolute atomic E-state index is 12.7. The summed E-state index contributed by atoms with van der Waals surface area (Å²) in [5.74, 6) is 0. The second kappa shape index (κ2) is 7.88. The third-order valence-electron chi connectivity index (χ3n) is 4.26. The highest BCUT2D eigenvalue weighted by molar-refractivity contribution is 7.89. The number of hydrogen-bond donors (Lipinski definition) is 0. The van der Waals surface area contributed by atoms with Crippen molar-refractivity contribution in [3.05, 3.63) is 21.9 Å². The van der Waals surface area contributed by atoms with Gasteiger partial charge in [0, 0.05) is 38.7 Å². The average molecular weight is 347 g/mol. The molecule has 22 heavy (non-hydrogen) atoms. The fourth-order valence-corrected chi connectivity index (χ4v) is 5.42. The van der Waals surface area contributed by atoms with E-state index in [1.54, 1.807) is 25.5 Å². The first-order valence-electron chi connectivity index (χ1n) is 7.64. The standard InChI is InChI=1S/C15H26N2O3S2/c1-13-6-10-21-15(13)12-17-7-4-5-14(11-17)22(18,19)16(2)8-9-20-3/h6,10,14H,4-5,7-9,11-12H2,1-3H3. The summed E-state index contributed by atoms with van der Waals surface area (Å²) in [6.45, 7) is 5.42. The van der Waals surface area contributed by atoms with Gasteiger partial charge in [-0.15, -0.1) is 11.3 Å². The SMILES string of the molecule is COCCN(C)S(=O)(=O)C1CCCN(Cc2sccc2C)C1. The lowest BCUT2D eigenvalue weighted by molar-refractivity contribution is 0.182. The summed E-state index contributed by atoms with van der Waals surface area (Å²) in [6, 6.07) is 2.12. The Bertz CT molecular complexity index is 571. The zero-order valence-electron chi connectivity index (χ0n) is 13.6. The van der Waals surface area contributed by atoms with Crippen molar-refractivity contribution >= 4 is 21.4 Å². The van der Waals surface area contributed by atoms with Crippen LogP contribution < -0.4 is 0 Å². The Morgan fingerprint density at radius 2 is 2.27 bits per heavy atom. The molecule has 1 fully saturated rings. The molecule has 0 N–H and O–H groups in total. The molecule has 7 heteroatoms. The van der Waals surface area contributed by atoms with Gasteiger partial charge >= 0.3 is 0 Å². The van der Waals surface area contributed by atoms with E-state index in [9.17, 15) is 8.42 Å². The summed E-state index contributed by atoms with van der Waals surface area (Å²) >= 11 is 1.75. The van der Waals surface area contributed by atoms with Crippen molar-refractivity contribution in [2.45, 2.75) is 31.6 Å². The van der Waals surface area contributed by atoms with E-state index in [1.807, 2.05) is 0 Å². The molecule has 1 saturated heterocycles. The van der Waals surface area contributed by atoms with E-state index in [0.717, 1.165) is 25.9 Å². The third kappa shape index (κ3) is 4.29. The molecule has 1 aliphatic heterocycles. The highest BCUT2D eigenvalue weighted by Crippen LogP contribution is 2.24. The predicted molar refractivity (Wildman–Crippen MR) is 90.8 cm³/mol. The van der Waals surface area contributed by atoms with Crippen LogP contribution in [0.2, 0.25) is 0 Å². The fraction of sp³-hybridized carbons (Fsp3) is 0.733. The van der Waals surface area contributed by atoms with Crippen LogP contribution in [-0.2, 0) is 21.3 Å². The van der Waals surface area contributed by atoms with E-state index in [0.29, 0.717) is 19.7 Å². The monoisotopic (exact) mass is 346 g/mol. The van der Waals surface area contributed by atoms with Crippen molar-refractivity contribution in [1.82, 2.24) is 9.21 Å². The first-order valence-corrected chi connectivity index (χ1v) is 10.0. The molecule has 0 radical (unpaired) electrons. The van der Waals surface area contributed by atoms with Gasteiger partial charge in [0.2, 0.25) is 10.0 Å². The minimum Gasteiger partial charge on any atom is -0.383 e. The molecule has 126 valence electrons. The van der Waals surface area contributed by atoms with Crippen LogP contribution >= 0.6 is 11.3 Å². The molecule has 0 saturated carbocycles. The van der Waals surface area contributed by atoms with Crippen molar-refractivity contribution in [3.63, 3.8) is 0 Å². The summed E-state index contributed by atoms with van der Waals surface area (Å²) in [6.07, 6.45) is 1.69. The topological polar surface area (TPSA) is 49.9 Å². The minimum absolute atomic E-state index is 0.302. The van der Waals surface area contributed by atoms with Crippen molar-refractivity contribution in [2.24, 2.45) is 0 Å². The van der Waals surface area contributed by atoms with E-state index in [4.69, 9.17) is 4.74 Å². The molecule has 1 atom stereocenters. The minimum atomic E-state index is -3.24. The average Bonchev–Trinajstić information content (AvgIpc) is 2.90. The van der Waals surface area contributed by atoms with E-state index in [-0.39, 0.29) is 5.25 Å². The van der Waals surface area contributed by atoms with Gasteiger partial charge in [0.15, 0.2) is 0 Å². The molecule has 0 spiro atoms. The Labute approximate surface area is 137 Å². The quantitative estimate of drug-likeness (QED) is 0.757. The number of piperidine rings is 1. The zero-order valence-corrected chi connectivity index (χ0v) is 15.3. The first-order chi connectivity index (χ1) is 10.4. The predicted octanol–water partition coefficient (Wildman–Crippen LogP) is 1.93. The first kappa shape index (κ1) is 17.9. The molecular formula is C15H26N2O3S2. The Hall–Kier alpha value is -0.470.